The van der Waals surface area contributed by atoms with Crippen molar-refractivity contribution in [1.29, 1.82) is 0 Å². The Morgan fingerprint density at radius 1 is 1.22 bits per heavy atom. The van der Waals surface area contributed by atoms with Crippen molar-refractivity contribution in [2.45, 2.75) is 51.0 Å². The van der Waals surface area contributed by atoms with E-state index >= 15 is 0 Å². The highest BCUT2D eigenvalue weighted by molar-refractivity contribution is 5.91. The van der Waals surface area contributed by atoms with Gasteiger partial charge in [-0.05, 0) is 62.1 Å². The Balaban J connectivity index is 1.47. The number of carbonyl (C=O) groups excluding carboxylic acids is 1. The largest absolute Gasteiger partial charge is 0.381 e. The van der Waals surface area contributed by atoms with Gasteiger partial charge in [0, 0.05) is 30.8 Å². The second kappa shape index (κ2) is 6.52. The minimum atomic E-state index is 0.0818. The van der Waals surface area contributed by atoms with E-state index in [2.05, 4.69) is 28.4 Å². The fourth-order valence-corrected chi connectivity index (χ4v) is 3.87. The molecule has 0 radical (unpaired) electrons. The molecule has 4 rings (SSSR count). The van der Waals surface area contributed by atoms with Gasteiger partial charge in [-0.25, -0.2) is 4.79 Å². The van der Waals surface area contributed by atoms with Crippen LogP contribution in [0.5, 0.6) is 0 Å². The lowest BCUT2D eigenvalue weighted by Gasteiger charge is -2.27. The highest BCUT2D eigenvalue weighted by atomic mass is 16.5. The Morgan fingerprint density at radius 2 is 2.09 bits per heavy atom. The molecule has 1 saturated heterocycles. The van der Waals surface area contributed by atoms with Crippen LogP contribution in [0.4, 0.5) is 10.5 Å². The van der Waals surface area contributed by atoms with Gasteiger partial charge in [-0.2, -0.15) is 0 Å². The smallest absolute Gasteiger partial charge is 0.322 e. The van der Waals surface area contributed by atoms with Gasteiger partial charge >= 0.3 is 6.03 Å². The third kappa shape index (κ3) is 3.37. The van der Waals surface area contributed by atoms with E-state index in [0.29, 0.717) is 12.0 Å². The van der Waals surface area contributed by atoms with Gasteiger partial charge in [-0.15, -0.1) is 0 Å². The molecule has 1 aliphatic heterocycles. The maximum Gasteiger partial charge on any atom is 0.322 e. The van der Waals surface area contributed by atoms with Crippen molar-refractivity contribution in [3.05, 3.63) is 29.3 Å². The number of fused-ring (bicyclic) bond motifs is 1. The number of anilines is 1. The van der Waals surface area contributed by atoms with Crippen LogP contribution in [0, 0.1) is 5.92 Å². The highest BCUT2D eigenvalue weighted by Gasteiger charge is 2.35. The zero-order valence-electron chi connectivity index (χ0n) is 13.7. The van der Waals surface area contributed by atoms with Gasteiger partial charge in [0.1, 0.15) is 0 Å². The molecule has 2 fully saturated rings. The maximum absolute atomic E-state index is 12.8. The van der Waals surface area contributed by atoms with Gasteiger partial charge in [0.05, 0.1) is 6.61 Å². The lowest BCUT2D eigenvalue weighted by molar-refractivity contribution is 0.167. The van der Waals surface area contributed by atoms with E-state index in [1.54, 1.807) is 0 Å². The van der Waals surface area contributed by atoms with E-state index in [1.165, 1.54) is 24.0 Å². The van der Waals surface area contributed by atoms with Crippen molar-refractivity contribution in [3.63, 3.8) is 0 Å². The van der Waals surface area contributed by atoms with Crippen LogP contribution in [0.25, 0.3) is 0 Å². The van der Waals surface area contributed by atoms with Crippen LogP contribution in [-0.4, -0.2) is 36.7 Å². The maximum atomic E-state index is 12.8. The predicted molar refractivity (Wildman–Crippen MR) is 90.8 cm³/mol. The summed E-state index contributed by atoms with van der Waals surface area (Å²) < 4.78 is 5.47. The quantitative estimate of drug-likeness (QED) is 0.922. The van der Waals surface area contributed by atoms with Crippen molar-refractivity contribution in [1.82, 2.24) is 4.90 Å². The number of hydrogen-bond donors (Lipinski definition) is 1. The highest BCUT2D eigenvalue weighted by Crippen LogP contribution is 2.31. The van der Waals surface area contributed by atoms with E-state index in [0.717, 1.165) is 57.6 Å². The molecule has 1 saturated carbocycles. The van der Waals surface area contributed by atoms with Crippen LogP contribution in [0.15, 0.2) is 18.2 Å². The Labute approximate surface area is 138 Å². The molecule has 0 bridgehead atoms. The summed E-state index contributed by atoms with van der Waals surface area (Å²) in [6.07, 6.45) is 8.10. The van der Waals surface area contributed by atoms with E-state index in [1.807, 2.05) is 0 Å². The van der Waals surface area contributed by atoms with Gasteiger partial charge in [-0.1, -0.05) is 12.1 Å². The molecule has 4 nitrogen and oxygen atoms in total. The molecular weight excluding hydrogens is 288 g/mol. The molecule has 1 atom stereocenters. The van der Waals surface area contributed by atoms with E-state index < -0.39 is 0 Å². The van der Waals surface area contributed by atoms with Crippen LogP contribution >= 0.6 is 0 Å². The normalized spacial score (nSPS) is 23.4. The molecule has 0 spiro atoms. The van der Waals surface area contributed by atoms with Gasteiger partial charge < -0.3 is 15.0 Å². The fourth-order valence-electron chi connectivity index (χ4n) is 3.87. The Kier molecular flexibility index (Phi) is 4.25. The van der Waals surface area contributed by atoms with Crippen LogP contribution in [0.2, 0.25) is 0 Å². The molecule has 1 N–H and O–H groups in total. The summed E-state index contributed by atoms with van der Waals surface area (Å²) in [5.41, 5.74) is 3.80. The molecule has 0 unspecified atom stereocenters. The van der Waals surface area contributed by atoms with Gasteiger partial charge in [0.25, 0.3) is 0 Å². The number of amides is 2. The molecule has 1 aromatic rings. The number of ether oxygens (including phenoxy) is 1. The van der Waals surface area contributed by atoms with Gasteiger partial charge in [-0.3, -0.25) is 0 Å². The number of urea groups is 1. The first kappa shape index (κ1) is 15.0. The monoisotopic (exact) mass is 314 g/mol. The Morgan fingerprint density at radius 3 is 2.87 bits per heavy atom. The second-order valence-corrected chi connectivity index (χ2v) is 7.19. The van der Waals surface area contributed by atoms with E-state index in [4.69, 9.17) is 4.74 Å². The summed E-state index contributed by atoms with van der Waals surface area (Å²) in [6, 6.07) is 6.87. The molecule has 0 aromatic heterocycles. The van der Waals surface area contributed by atoms with Crippen molar-refractivity contribution >= 4 is 11.7 Å². The first-order valence-electron chi connectivity index (χ1n) is 9.07. The molecule has 124 valence electrons. The summed E-state index contributed by atoms with van der Waals surface area (Å²) in [5, 5.41) is 3.21. The minimum absolute atomic E-state index is 0.0818. The van der Waals surface area contributed by atoms with Gasteiger partial charge in [0.2, 0.25) is 0 Å². The predicted octanol–water partition coefficient (Wildman–Crippen LogP) is 3.60. The molecule has 23 heavy (non-hydrogen) atoms. The molecule has 4 heteroatoms. The average molecular weight is 314 g/mol. The number of nitrogens with one attached hydrogen (secondary N) is 1. The lowest BCUT2D eigenvalue weighted by atomic mass is 9.90. The number of rotatable bonds is 4. The summed E-state index contributed by atoms with van der Waals surface area (Å²) in [7, 11) is 0. The first-order chi connectivity index (χ1) is 11.3. The zero-order chi connectivity index (χ0) is 15.6. The first-order valence-corrected chi connectivity index (χ1v) is 9.07. The molecule has 2 amide bonds. The SMILES string of the molecule is O=C(Nc1cccc2c1CCCC2)N(C[C@H]1CCOC1)C1CC1. The van der Waals surface area contributed by atoms with Crippen LogP contribution < -0.4 is 5.32 Å². The van der Waals surface area contributed by atoms with Crippen molar-refractivity contribution < 1.29 is 9.53 Å². The number of hydrogen-bond acceptors (Lipinski definition) is 2. The van der Waals surface area contributed by atoms with E-state index in [-0.39, 0.29) is 6.03 Å². The van der Waals surface area contributed by atoms with Crippen LogP contribution in [-0.2, 0) is 17.6 Å². The van der Waals surface area contributed by atoms with Gasteiger partial charge in [0.15, 0.2) is 0 Å². The fraction of sp³-hybridized carbons (Fsp3) is 0.632. The number of aryl methyl sites for hydroxylation is 1. The molecule has 1 heterocycles. The standard InChI is InChI=1S/C19H26N2O2/c22-19(21(16-8-9-16)12-14-10-11-23-13-14)20-18-7-3-5-15-4-1-2-6-17(15)18/h3,5,7,14,16H,1-2,4,6,8-13H2,(H,20,22)/t14-/m1/s1. The molecule has 3 aliphatic rings. The topological polar surface area (TPSA) is 41.6 Å². The van der Waals surface area contributed by atoms with Crippen molar-refractivity contribution in [3.8, 4) is 0 Å². The third-order valence-electron chi connectivity index (χ3n) is 5.36. The minimum Gasteiger partial charge on any atom is -0.381 e. The zero-order valence-corrected chi connectivity index (χ0v) is 13.7. The Hall–Kier alpha value is -1.55. The molecule has 1 aromatic carbocycles. The summed E-state index contributed by atoms with van der Waals surface area (Å²) in [6.45, 7) is 2.49. The van der Waals surface area contributed by atoms with E-state index in [9.17, 15) is 4.79 Å². The second-order valence-electron chi connectivity index (χ2n) is 7.19. The number of nitrogens with zero attached hydrogens (tertiary/aromatic N) is 1. The van der Waals surface area contributed by atoms with Crippen LogP contribution in [0.3, 0.4) is 0 Å². The summed E-state index contributed by atoms with van der Waals surface area (Å²) in [4.78, 5) is 14.9. The number of carbonyl (C=O) groups is 1. The third-order valence-corrected chi connectivity index (χ3v) is 5.36. The summed E-state index contributed by atoms with van der Waals surface area (Å²) in [5.74, 6) is 0.506. The average Bonchev–Trinajstić information content (AvgIpc) is 3.29. The molecule has 2 aliphatic carbocycles. The van der Waals surface area contributed by atoms with Crippen LogP contribution in [0.1, 0.15) is 43.2 Å². The lowest BCUT2D eigenvalue weighted by Crippen LogP contribution is -2.40. The summed E-state index contributed by atoms with van der Waals surface area (Å²) >= 11 is 0. The molecular formula is C19H26N2O2. The number of benzene rings is 1. The van der Waals surface area contributed by atoms with Crippen molar-refractivity contribution in [2.75, 3.05) is 25.1 Å². The van der Waals surface area contributed by atoms with Crippen molar-refractivity contribution in [2.24, 2.45) is 5.92 Å². The Bertz CT molecular complexity index is 577.